The van der Waals surface area contributed by atoms with E-state index in [-0.39, 0.29) is 12.2 Å². The van der Waals surface area contributed by atoms with Crippen molar-refractivity contribution in [3.05, 3.63) is 55.2 Å². The summed E-state index contributed by atoms with van der Waals surface area (Å²) in [5.74, 6) is 1.41. The highest BCUT2D eigenvalue weighted by Crippen LogP contribution is 2.27. The largest absolute Gasteiger partial charge is 0.490 e. The predicted octanol–water partition coefficient (Wildman–Crippen LogP) is 4.65. The molecule has 4 aromatic rings. The van der Waals surface area contributed by atoms with Crippen LogP contribution < -0.4 is 10.1 Å². The Bertz CT molecular complexity index is 1360. The third-order valence-electron chi connectivity index (χ3n) is 5.92. The van der Waals surface area contributed by atoms with E-state index in [2.05, 4.69) is 20.4 Å². The van der Waals surface area contributed by atoms with Gasteiger partial charge in [0, 0.05) is 68.9 Å². The zero-order chi connectivity index (χ0) is 25.3. The Labute approximate surface area is 209 Å². The molecule has 10 heteroatoms. The molecule has 3 aromatic heterocycles. The van der Waals surface area contributed by atoms with Gasteiger partial charge in [0.2, 0.25) is 0 Å². The molecule has 5 rings (SSSR count). The molecule has 1 aliphatic rings. The van der Waals surface area contributed by atoms with Gasteiger partial charge in [-0.15, -0.1) is 0 Å². The Hall–Kier alpha value is -4.08. The molecule has 0 bridgehead atoms. The van der Waals surface area contributed by atoms with Crippen molar-refractivity contribution >= 4 is 23.2 Å². The van der Waals surface area contributed by atoms with Gasteiger partial charge < -0.3 is 19.7 Å². The highest BCUT2D eigenvalue weighted by atomic mass is 16.6. The Kier molecular flexibility index (Phi) is 6.26. The average molecular weight is 490 g/mol. The zero-order valence-corrected chi connectivity index (χ0v) is 21.0. The zero-order valence-electron chi connectivity index (χ0n) is 21.0. The van der Waals surface area contributed by atoms with E-state index in [0.717, 1.165) is 41.2 Å². The van der Waals surface area contributed by atoms with E-state index in [1.54, 1.807) is 15.8 Å². The Morgan fingerprint density at radius 1 is 1.14 bits per heavy atom. The molecule has 0 aliphatic carbocycles. The number of amides is 1. The normalized spacial score (nSPS) is 14.7. The van der Waals surface area contributed by atoms with Gasteiger partial charge in [0.1, 0.15) is 17.5 Å². The maximum Gasteiger partial charge on any atom is 0.410 e. The van der Waals surface area contributed by atoms with Gasteiger partial charge >= 0.3 is 6.09 Å². The number of aromatic nitrogens is 5. The Morgan fingerprint density at radius 2 is 1.94 bits per heavy atom. The van der Waals surface area contributed by atoms with Crippen molar-refractivity contribution in [2.45, 2.75) is 45.3 Å². The highest BCUT2D eigenvalue weighted by Gasteiger charge is 2.27. The van der Waals surface area contributed by atoms with Crippen LogP contribution in [-0.4, -0.2) is 59.9 Å². The maximum atomic E-state index is 12.3. The molecule has 1 aromatic carbocycles. The van der Waals surface area contributed by atoms with Gasteiger partial charge in [-0.1, -0.05) is 6.07 Å². The number of piperidine rings is 1. The molecular weight excluding hydrogens is 458 g/mol. The first-order chi connectivity index (χ1) is 17.2. The third kappa shape index (κ3) is 5.27. The smallest absolute Gasteiger partial charge is 0.410 e. The number of rotatable bonds is 5. The lowest BCUT2D eigenvalue weighted by atomic mass is 10.1. The van der Waals surface area contributed by atoms with Gasteiger partial charge in [-0.2, -0.15) is 5.10 Å². The summed E-state index contributed by atoms with van der Waals surface area (Å²) in [6.07, 6.45) is 10.5. The lowest BCUT2D eigenvalue weighted by molar-refractivity contribution is 0.0126. The molecule has 10 nitrogen and oxygen atoms in total. The first-order valence-electron chi connectivity index (χ1n) is 12.1. The van der Waals surface area contributed by atoms with Gasteiger partial charge in [-0.05, 0) is 32.9 Å². The summed E-state index contributed by atoms with van der Waals surface area (Å²) in [4.78, 5) is 23.2. The molecule has 1 N–H and O–H groups in total. The fourth-order valence-electron chi connectivity index (χ4n) is 4.23. The van der Waals surface area contributed by atoms with Crippen LogP contribution in [0.4, 0.5) is 16.3 Å². The monoisotopic (exact) mass is 489 g/mol. The first kappa shape index (κ1) is 23.7. The van der Waals surface area contributed by atoms with Crippen molar-refractivity contribution < 1.29 is 14.3 Å². The Balaban J connectivity index is 1.24. The van der Waals surface area contributed by atoms with E-state index in [4.69, 9.17) is 9.47 Å². The van der Waals surface area contributed by atoms with Crippen LogP contribution in [-0.2, 0) is 11.8 Å². The van der Waals surface area contributed by atoms with Gasteiger partial charge in [-0.3, -0.25) is 9.08 Å². The van der Waals surface area contributed by atoms with E-state index in [9.17, 15) is 4.79 Å². The average Bonchev–Trinajstić information content (AvgIpc) is 3.45. The van der Waals surface area contributed by atoms with Gasteiger partial charge in [0.05, 0.1) is 18.1 Å². The van der Waals surface area contributed by atoms with Crippen molar-refractivity contribution in [1.29, 1.82) is 0 Å². The summed E-state index contributed by atoms with van der Waals surface area (Å²) >= 11 is 0. The second-order valence-corrected chi connectivity index (χ2v) is 9.95. The molecule has 1 amide bonds. The van der Waals surface area contributed by atoms with E-state index in [1.165, 1.54) is 0 Å². The van der Waals surface area contributed by atoms with Crippen molar-refractivity contribution in [1.82, 2.24) is 29.0 Å². The summed E-state index contributed by atoms with van der Waals surface area (Å²) in [7, 11) is 1.89. The highest BCUT2D eigenvalue weighted by molar-refractivity contribution is 5.74. The third-order valence-corrected chi connectivity index (χ3v) is 5.92. The van der Waals surface area contributed by atoms with E-state index in [0.29, 0.717) is 18.9 Å². The van der Waals surface area contributed by atoms with E-state index < -0.39 is 5.60 Å². The van der Waals surface area contributed by atoms with Crippen LogP contribution in [0.25, 0.3) is 16.9 Å². The number of hydrogen-bond donors (Lipinski definition) is 1. The second kappa shape index (κ2) is 9.52. The van der Waals surface area contributed by atoms with Crippen LogP contribution in [0.2, 0.25) is 0 Å². The molecule has 0 atom stereocenters. The maximum absolute atomic E-state index is 12.3. The number of anilines is 2. The number of nitrogens with one attached hydrogen (secondary N) is 1. The molecule has 188 valence electrons. The second-order valence-electron chi connectivity index (χ2n) is 9.95. The van der Waals surface area contributed by atoms with Crippen molar-refractivity contribution in [3.8, 4) is 17.0 Å². The number of benzene rings is 1. The number of imidazole rings is 1. The Morgan fingerprint density at radius 3 is 2.67 bits per heavy atom. The van der Waals surface area contributed by atoms with Crippen LogP contribution in [0.15, 0.2) is 55.2 Å². The predicted molar refractivity (Wildman–Crippen MR) is 136 cm³/mol. The molecule has 36 heavy (non-hydrogen) atoms. The summed E-state index contributed by atoms with van der Waals surface area (Å²) < 4.78 is 15.5. The summed E-state index contributed by atoms with van der Waals surface area (Å²) in [5.41, 5.74) is 3.00. The SMILES string of the molecule is Cn1cc(-c2cnc3c(Nc4cccc(OC5CCN(C(=O)OC(C)(C)C)CC5)c4)nccn23)cn1. The molecule has 0 spiro atoms. The van der Waals surface area contributed by atoms with Crippen LogP contribution >= 0.6 is 0 Å². The molecular formula is C26H31N7O3. The topological polar surface area (TPSA) is 98.8 Å². The summed E-state index contributed by atoms with van der Waals surface area (Å²) in [6.45, 7) is 6.86. The minimum atomic E-state index is -0.492. The van der Waals surface area contributed by atoms with Crippen molar-refractivity contribution in [3.63, 3.8) is 0 Å². The number of ether oxygens (including phenoxy) is 2. The molecule has 1 fully saturated rings. The first-order valence-corrected chi connectivity index (χ1v) is 12.1. The number of fused-ring (bicyclic) bond motifs is 1. The fraction of sp³-hybridized carbons (Fsp3) is 0.385. The summed E-state index contributed by atoms with van der Waals surface area (Å²) in [6, 6.07) is 7.81. The minimum Gasteiger partial charge on any atom is -0.490 e. The molecule has 1 saturated heterocycles. The van der Waals surface area contributed by atoms with Gasteiger partial charge in [0.25, 0.3) is 0 Å². The van der Waals surface area contributed by atoms with E-state index >= 15 is 0 Å². The van der Waals surface area contributed by atoms with Gasteiger partial charge in [-0.25, -0.2) is 14.8 Å². The van der Waals surface area contributed by atoms with Gasteiger partial charge in [0.15, 0.2) is 11.5 Å². The fourth-order valence-corrected chi connectivity index (χ4v) is 4.23. The quantitative estimate of drug-likeness (QED) is 0.436. The minimum absolute atomic E-state index is 0.0369. The lowest BCUT2D eigenvalue weighted by Gasteiger charge is -2.33. The molecule has 0 radical (unpaired) electrons. The van der Waals surface area contributed by atoms with Crippen LogP contribution in [0.3, 0.4) is 0 Å². The van der Waals surface area contributed by atoms with Crippen molar-refractivity contribution in [2.75, 3.05) is 18.4 Å². The number of likely N-dealkylation sites (tertiary alicyclic amines) is 1. The molecule has 1 aliphatic heterocycles. The standard InChI is InChI=1S/C26H31N7O3/c1-26(2,3)36-25(34)32-11-8-20(9-12-32)35-21-7-5-6-19(14-21)30-23-24-28-16-22(33(24)13-10-27-23)18-15-29-31(4)17-18/h5-7,10,13-17,20H,8-9,11-12H2,1-4H3,(H,27,30). The molecule has 0 saturated carbocycles. The van der Waals surface area contributed by atoms with E-state index in [1.807, 2.05) is 81.3 Å². The summed E-state index contributed by atoms with van der Waals surface area (Å²) in [5, 5.41) is 7.63. The van der Waals surface area contributed by atoms with Crippen LogP contribution in [0.1, 0.15) is 33.6 Å². The number of carbonyl (C=O) groups is 1. The molecule has 4 heterocycles. The number of nitrogens with zero attached hydrogens (tertiary/aromatic N) is 6. The lowest BCUT2D eigenvalue weighted by Crippen LogP contribution is -2.44. The van der Waals surface area contributed by atoms with Crippen molar-refractivity contribution in [2.24, 2.45) is 7.05 Å². The number of aryl methyl sites for hydroxylation is 1. The van der Waals surface area contributed by atoms with Crippen LogP contribution in [0, 0.1) is 0 Å². The van der Waals surface area contributed by atoms with Crippen LogP contribution in [0.5, 0.6) is 5.75 Å². The number of hydrogen-bond acceptors (Lipinski definition) is 7. The number of carbonyl (C=O) groups excluding carboxylic acids is 1. The molecule has 0 unspecified atom stereocenters.